The molecule has 0 aromatic heterocycles. The van der Waals surface area contributed by atoms with Gasteiger partial charge in [0.25, 0.3) is 0 Å². The van der Waals surface area contributed by atoms with Crippen LogP contribution in [0.5, 0.6) is 11.5 Å². The Morgan fingerprint density at radius 1 is 0.615 bits per heavy atom. The van der Waals surface area contributed by atoms with Gasteiger partial charge in [-0.05, 0) is 98.2 Å². The molecule has 0 radical (unpaired) electrons. The molecule has 0 atom stereocenters. The minimum absolute atomic E-state index is 0.158. The third-order valence-corrected chi connectivity index (χ3v) is 7.92. The molecule has 1 saturated carbocycles. The molecule has 0 spiro atoms. The second-order valence-electron chi connectivity index (χ2n) is 10.7. The van der Waals surface area contributed by atoms with Gasteiger partial charge in [-0.2, -0.15) is 0 Å². The first-order valence-electron chi connectivity index (χ1n) is 13.6. The van der Waals surface area contributed by atoms with Crippen LogP contribution >= 0.6 is 0 Å². The van der Waals surface area contributed by atoms with Crippen molar-refractivity contribution < 1.29 is 19.1 Å². The number of hydrogen-bond donors (Lipinski definition) is 0. The number of para-hydroxylation sites is 1. The van der Waals surface area contributed by atoms with Crippen molar-refractivity contribution in [2.24, 2.45) is 0 Å². The lowest BCUT2D eigenvalue weighted by atomic mass is 9.71. The van der Waals surface area contributed by atoms with Crippen LogP contribution in [0.1, 0.15) is 79.8 Å². The first kappa shape index (κ1) is 26.4. The number of esters is 2. The fraction of sp³-hybridized carbons (Fsp3) is 0.257. The predicted octanol–water partition coefficient (Wildman–Crippen LogP) is 8.22. The monoisotopic (exact) mass is 518 g/mol. The highest BCUT2D eigenvalue weighted by Gasteiger charge is 2.39. The van der Waals surface area contributed by atoms with Gasteiger partial charge in [0.15, 0.2) is 0 Å². The molecular formula is C35H34O4. The average molecular weight is 519 g/mol. The summed E-state index contributed by atoms with van der Waals surface area (Å²) in [4.78, 5) is 25.9. The van der Waals surface area contributed by atoms with E-state index in [1.54, 1.807) is 24.3 Å². The Kier molecular flexibility index (Phi) is 7.38. The molecule has 0 saturated heterocycles. The first-order valence-corrected chi connectivity index (χ1v) is 13.6. The molecule has 1 fully saturated rings. The summed E-state index contributed by atoms with van der Waals surface area (Å²) < 4.78 is 11.5. The van der Waals surface area contributed by atoms with Crippen molar-refractivity contribution in [1.29, 1.82) is 0 Å². The van der Waals surface area contributed by atoms with Crippen LogP contribution in [0.15, 0.2) is 84.9 Å². The Hall–Kier alpha value is -4.18. The van der Waals surface area contributed by atoms with E-state index in [1.807, 2.05) is 64.1 Å². The first-order chi connectivity index (χ1) is 18.8. The van der Waals surface area contributed by atoms with E-state index in [0.29, 0.717) is 22.6 Å². The minimum Gasteiger partial charge on any atom is -0.423 e. The van der Waals surface area contributed by atoms with Crippen molar-refractivity contribution in [2.75, 3.05) is 0 Å². The van der Waals surface area contributed by atoms with Gasteiger partial charge in [-0.1, -0.05) is 73.5 Å². The number of ether oxygens (including phenoxy) is 2. The van der Waals surface area contributed by atoms with Gasteiger partial charge in [-0.25, -0.2) is 9.59 Å². The van der Waals surface area contributed by atoms with E-state index in [-0.39, 0.29) is 17.4 Å². The molecule has 0 aliphatic heterocycles. The average Bonchev–Trinajstić information content (AvgIpc) is 3.42. The van der Waals surface area contributed by atoms with Gasteiger partial charge in [0.05, 0.1) is 11.1 Å². The smallest absolute Gasteiger partial charge is 0.344 e. The highest BCUT2D eigenvalue weighted by atomic mass is 16.5. The number of benzene rings is 4. The molecule has 5 rings (SSSR count). The fourth-order valence-corrected chi connectivity index (χ4v) is 6.04. The summed E-state index contributed by atoms with van der Waals surface area (Å²) in [6.45, 7) is 7.99. The summed E-state index contributed by atoms with van der Waals surface area (Å²) in [5, 5.41) is 0. The van der Waals surface area contributed by atoms with Gasteiger partial charge in [0, 0.05) is 5.41 Å². The van der Waals surface area contributed by atoms with Crippen molar-refractivity contribution in [3.05, 3.63) is 129 Å². The van der Waals surface area contributed by atoms with E-state index < -0.39 is 0 Å². The Bertz CT molecular complexity index is 1470. The van der Waals surface area contributed by atoms with E-state index in [9.17, 15) is 9.59 Å². The summed E-state index contributed by atoms with van der Waals surface area (Å²) in [6.07, 6.45) is 4.33. The zero-order chi connectivity index (χ0) is 27.6. The molecule has 39 heavy (non-hydrogen) atoms. The zero-order valence-corrected chi connectivity index (χ0v) is 23.0. The largest absolute Gasteiger partial charge is 0.423 e. The molecule has 4 aromatic rings. The van der Waals surface area contributed by atoms with E-state index in [4.69, 9.17) is 9.47 Å². The highest BCUT2D eigenvalue weighted by molar-refractivity contribution is 5.94. The van der Waals surface area contributed by atoms with Crippen molar-refractivity contribution in [3.63, 3.8) is 0 Å². The quantitative estimate of drug-likeness (QED) is 0.191. The van der Waals surface area contributed by atoms with Crippen LogP contribution in [0, 0.1) is 27.7 Å². The molecule has 0 heterocycles. The Morgan fingerprint density at radius 2 is 1.10 bits per heavy atom. The van der Waals surface area contributed by atoms with E-state index in [1.165, 1.54) is 11.1 Å². The third kappa shape index (κ3) is 5.24. The van der Waals surface area contributed by atoms with Crippen LogP contribution in [0.2, 0.25) is 0 Å². The van der Waals surface area contributed by atoms with Crippen LogP contribution in [-0.4, -0.2) is 11.9 Å². The van der Waals surface area contributed by atoms with Crippen molar-refractivity contribution in [1.82, 2.24) is 0 Å². The lowest BCUT2D eigenvalue weighted by Crippen LogP contribution is -2.25. The summed E-state index contributed by atoms with van der Waals surface area (Å²) in [6, 6.07) is 26.9. The fourth-order valence-electron chi connectivity index (χ4n) is 6.04. The van der Waals surface area contributed by atoms with Crippen LogP contribution in [-0.2, 0) is 5.41 Å². The molecule has 0 amide bonds. The van der Waals surface area contributed by atoms with Gasteiger partial charge >= 0.3 is 11.9 Å². The second kappa shape index (κ2) is 10.9. The number of carbonyl (C=O) groups excluding carboxylic acids is 2. The number of hydrogen-bond acceptors (Lipinski definition) is 4. The topological polar surface area (TPSA) is 52.6 Å². The summed E-state index contributed by atoms with van der Waals surface area (Å²) in [5.74, 6) is 0.470. The van der Waals surface area contributed by atoms with Crippen molar-refractivity contribution >= 4 is 11.9 Å². The maximum absolute atomic E-state index is 13.1. The number of aryl methyl sites for hydroxylation is 4. The molecule has 4 nitrogen and oxygen atoms in total. The normalized spacial score (nSPS) is 14.2. The van der Waals surface area contributed by atoms with E-state index >= 15 is 0 Å². The molecule has 4 aromatic carbocycles. The maximum atomic E-state index is 13.1. The molecule has 0 N–H and O–H groups in total. The predicted molar refractivity (Wildman–Crippen MR) is 154 cm³/mol. The maximum Gasteiger partial charge on any atom is 0.344 e. The molecule has 1 aliphatic carbocycles. The van der Waals surface area contributed by atoms with E-state index in [2.05, 4.69) is 24.3 Å². The lowest BCUT2D eigenvalue weighted by molar-refractivity contribution is 0.0723. The van der Waals surface area contributed by atoms with Gasteiger partial charge in [-0.15, -0.1) is 0 Å². The molecule has 0 bridgehead atoms. The van der Waals surface area contributed by atoms with Crippen LogP contribution in [0.3, 0.4) is 0 Å². The molecule has 0 unspecified atom stereocenters. The Labute approximate surface area is 230 Å². The van der Waals surface area contributed by atoms with Crippen LogP contribution < -0.4 is 9.47 Å². The number of rotatable bonds is 6. The summed E-state index contributed by atoms with van der Waals surface area (Å²) in [5.41, 5.74) is 7.16. The Morgan fingerprint density at radius 3 is 1.64 bits per heavy atom. The summed E-state index contributed by atoms with van der Waals surface area (Å²) >= 11 is 0. The van der Waals surface area contributed by atoms with E-state index in [0.717, 1.165) is 47.9 Å². The minimum atomic E-state index is -0.352. The SMILES string of the molecule is Cc1cc(C2(c3cc(C)c(C(=O)Oc4ccccc4)c(C)c3)CCCC2)cc(C)c1OC(=O)c1ccccc1. The van der Waals surface area contributed by atoms with Crippen LogP contribution in [0.4, 0.5) is 0 Å². The highest BCUT2D eigenvalue weighted by Crippen LogP contribution is 2.48. The van der Waals surface area contributed by atoms with Crippen molar-refractivity contribution in [2.45, 2.75) is 58.8 Å². The molecular weight excluding hydrogens is 484 g/mol. The lowest BCUT2D eigenvalue weighted by Gasteiger charge is -2.33. The third-order valence-electron chi connectivity index (χ3n) is 7.92. The molecule has 198 valence electrons. The summed E-state index contributed by atoms with van der Waals surface area (Å²) in [7, 11) is 0. The second-order valence-corrected chi connectivity index (χ2v) is 10.7. The molecule has 4 heteroatoms. The Balaban J connectivity index is 1.48. The van der Waals surface area contributed by atoms with Crippen molar-refractivity contribution in [3.8, 4) is 11.5 Å². The van der Waals surface area contributed by atoms with Gasteiger partial charge < -0.3 is 9.47 Å². The standard InChI is InChI=1S/C35H34O4/c1-23-19-28(20-24(2)31(23)34(37)38-30-15-9-6-10-16-30)35(17-11-12-18-35)29-21-25(3)32(26(4)22-29)39-33(36)27-13-7-5-8-14-27/h5-10,13-16,19-22H,11-12,17-18H2,1-4H3. The number of carbonyl (C=O) groups is 2. The van der Waals surface area contributed by atoms with Gasteiger partial charge in [0.2, 0.25) is 0 Å². The molecule has 1 aliphatic rings. The van der Waals surface area contributed by atoms with Crippen LogP contribution in [0.25, 0.3) is 0 Å². The zero-order valence-electron chi connectivity index (χ0n) is 23.0. The van der Waals surface area contributed by atoms with Gasteiger partial charge in [-0.3, -0.25) is 0 Å². The van der Waals surface area contributed by atoms with Gasteiger partial charge in [0.1, 0.15) is 11.5 Å².